The minimum Gasteiger partial charge on any atom is -0.462 e. The average Bonchev–Trinajstić information content (AvgIpc) is 3.26. The van der Waals surface area contributed by atoms with E-state index in [1.807, 2.05) is 72.8 Å². The van der Waals surface area contributed by atoms with Crippen molar-refractivity contribution >= 4 is 44.6 Å². The molecule has 0 atom stereocenters. The first-order valence-electron chi connectivity index (χ1n) is 13.0. The number of ether oxygens (including phenoxy) is 1. The van der Waals surface area contributed by atoms with Crippen LogP contribution in [0.15, 0.2) is 72.8 Å². The predicted octanol–water partition coefficient (Wildman–Crippen LogP) is 6.00. The zero-order valence-corrected chi connectivity index (χ0v) is 20.9. The number of hydrogen-bond acceptors (Lipinski definition) is 5. The summed E-state index contributed by atoms with van der Waals surface area (Å²) >= 11 is 0. The first-order chi connectivity index (χ1) is 18.2. The van der Waals surface area contributed by atoms with Crippen molar-refractivity contribution < 1.29 is 14.3 Å². The van der Waals surface area contributed by atoms with Crippen molar-refractivity contribution in [3.8, 4) is 0 Å². The fraction of sp³-hybridized carbons (Fsp3) is 0.258. The standard InChI is InChI=1S/C31H29N3O3/c1-2-17-33-18-15-26-24(20-33)30(23-11-3-6-12-25(23)32-26)31(36)37-19-16-29(35)34-27-13-7-4-9-21(27)22-10-5-8-14-28(22)34/h3-14H,2,15-20H2,1H3. The van der Waals surface area contributed by atoms with Crippen molar-refractivity contribution in [2.45, 2.75) is 32.7 Å². The van der Waals surface area contributed by atoms with Crippen LogP contribution in [0.1, 0.15) is 46.2 Å². The number of hydrogen-bond donors (Lipinski definition) is 0. The molecule has 186 valence electrons. The third-order valence-corrected chi connectivity index (χ3v) is 7.25. The molecule has 0 saturated carbocycles. The number of rotatable bonds is 6. The van der Waals surface area contributed by atoms with Gasteiger partial charge in [0.2, 0.25) is 5.91 Å². The lowest BCUT2D eigenvalue weighted by Gasteiger charge is -2.29. The highest BCUT2D eigenvalue weighted by molar-refractivity contribution is 6.13. The van der Waals surface area contributed by atoms with Crippen LogP contribution in [0.4, 0.5) is 0 Å². The van der Waals surface area contributed by atoms with Crippen molar-refractivity contribution in [1.82, 2.24) is 14.5 Å². The molecule has 1 aliphatic heterocycles. The maximum atomic E-state index is 13.5. The molecule has 37 heavy (non-hydrogen) atoms. The van der Waals surface area contributed by atoms with E-state index in [4.69, 9.17) is 9.72 Å². The van der Waals surface area contributed by atoms with E-state index >= 15 is 0 Å². The Labute approximate surface area is 215 Å². The Hall–Kier alpha value is -4.03. The molecule has 6 nitrogen and oxygen atoms in total. The lowest BCUT2D eigenvalue weighted by Crippen LogP contribution is -2.33. The van der Waals surface area contributed by atoms with Crippen LogP contribution in [-0.2, 0) is 17.7 Å². The SMILES string of the molecule is CCCN1CCc2nc3ccccc3c(C(=O)OCCC(=O)n3c4ccccc4c4ccccc43)c2C1. The lowest BCUT2D eigenvalue weighted by molar-refractivity contribution is 0.0489. The normalized spacial score (nSPS) is 13.8. The highest BCUT2D eigenvalue weighted by Gasteiger charge is 2.26. The second-order valence-electron chi connectivity index (χ2n) is 9.60. The molecule has 0 bridgehead atoms. The Balaban J connectivity index is 1.27. The maximum Gasteiger partial charge on any atom is 0.339 e. The van der Waals surface area contributed by atoms with E-state index < -0.39 is 0 Å². The zero-order chi connectivity index (χ0) is 25.4. The van der Waals surface area contributed by atoms with Crippen molar-refractivity contribution in [2.75, 3.05) is 19.7 Å². The number of esters is 1. The monoisotopic (exact) mass is 491 g/mol. The molecule has 0 amide bonds. The van der Waals surface area contributed by atoms with Gasteiger partial charge in [0.05, 0.1) is 28.5 Å². The van der Waals surface area contributed by atoms with E-state index in [0.717, 1.165) is 69.9 Å². The first kappa shape index (κ1) is 23.4. The van der Waals surface area contributed by atoms with Crippen LogP contribution in [0.5, 0.6) is 0 Å². The predicted molar refractivity (Wildman–Crippen MR) is 146 cm³/mol. The summed E-state index contributed by atoms with van der Waals surface area (Å²) in [6, 6.07) is 23.5. The van der Waals surface area contributed by atoms with Gasteiger partial charge in [-0.1, -0.05) is 61.5 Å². The van der Waals surface area contributed by atoms with Gasteiger partial charge in [-0.3, -0.25) is 19.2 Å². The summed E-state index contributed by atoms with van der Waals surface area (Å²) in [6.45, 7) is 4.79. The van der Waals surface area contributed by atoms with Gasteiger partial charge in [0, 0.05) is 46.9 Å². The molecule has 0 N–H and O–H groups in total. The van der Waals surface area contributed by atoms with Gasteiger partial charge in [-0.25, -0.2) is 4.79 Å². The Morgan fingerprint density at radius 1 is 0.892 bits per heavy atom. The van der Waals surface area contributed by atoms with Crippen LogP contribution < -0.4 is 0 Å². The molecule has 0 spiro atoms. The number of nitrogens with zero attached hydrogens (tertiary/aromatic N) is 3. The zero-order valence-electron chi connectivity index (χ0n) is 20.9. The average molecular weight is 492 g/mol. The maximum absolute atomic E-state index is 13.5. The van der Waals surface area contributed by atoms with Gasteiger partial charge in [-0.2, -0.15) is 0 Å². The second kappa shape index (κ2) is 9.79. The molecule has 5 aromatic rings. The summed E-state index contributed by atoms with van der Waals surface area (Å²) < 4.78 is 7.51. The second-order valence-corrected chi connectivity index (χ2v) is 9.60. The topological polar surface area (TPSA) is 64.4 Å². The van der Waals surface area contributed by atoms with Crippen LogP contribution >= 0.6 is 0 Å². The molecule has 0 unspecified atom stereocenters. The highest BCUT2D eigenvalue weighted by atomic mass is 16.5. The molecule has 1 aliphatic rings. The number of para-hydroxylation sites is 3. The van der Waals surface area contributed by atoms with E-state index in [0.29, 0.717) is 12.1 Å². The van der Waals surface area contributed by atoms with E-state index in [9.17, 15) is 9.59 Å². The number of carbonyl (C=O) groups is 2. The molecule has 0 saturated heterocycles. The summed E-state index contributed by atoms with van der Waals surface area (Å²) in [4.78, 5) is 34.1. The number of fused-ring (bicyclic) bond motifs is 5. The highest BCUT2D eigenvalue weighted by Crippen LogP contribution is 2.30. The Morgan fingerprint density at radius 3 is 2.24 bits per heavy atom. The number of aromatic nitrogens is 2. The van der Waals surface area contributed by atoms with Crippen LogP contribution in [0.2, 0.25) is 0 Å². The molecule has 0 radical (unpaired) electrons. The van der Waals surface area contributed by atoms with Gasteiger partial charge in [0.25, 0.3) is 0 Å². The number of carbonyl (C=O) groups excluding carboxylic acids is 2. The van der Waals surface area contributed by atoms with Gasteiger partial charge >= 0.3 is 5.97 Å². The molecule has 3 aromatic carbocycles. The number of benzene rings is 3. The summed E-state index contributed by atoms with van der Waals surface area (Å²) in [5.74, 6) is -0.482. The summed E-state index contributed by atoms with van der Waals surface area (Å²) in [5.41, 5.74) is 5.05. The summed E-state index contributed by atoms with van der Waals surface area (Å²) in [6.07, 6.45) is 1.97. The smallest absolute Gasteiger partial charge is 0.339 e. The fourth-order valence-electron chi connectivity index (χ4n) is 5.59. The van der Waals surface area contributed by atoms with E-state index in [-0.39, 0.29) is 24.9 Å². The van der Waals surface area contributed by atoms with Crippen molar-refractivity contribution in [3.63, 3.8) is 0 Å². The van der Waals surface area contributed by atoms with E-state index in [1.165, 1.54) is 0 Å². The van der Waals surface area contributed by atoms with E-state index in [1.54, 1.807) is 4.57 Å². The number of pyridine rings is 1. The lowest BCUT2D eigenvalue weighted by atomic mass is 9.95. The minimum absolute atomic E-state index is 0.0165. The van der Waals surface area contributed by atoms with Crippen molar-refractivity contribution in [3.05, 3.63) is 89.6 Å². The van der Waals surface area contributed by atoms with Gasteiger partial charge in [0.1, 0.15) is 6.61 Å². The van der Waals surface area contributed by atoms with Crippen molar-refractivity contribution in [1.29, 1.82) is 0 Å². The van der Waals surface area contributed by atoms with Gasteiger partial charge in [-0.15, -0.1) is 0 Å². The first-order valence-corrected chi connectivity index (χ1v) is 13.0. The molecule has 6 heteroatoms. The molecule has 2 aromatic heterocycles. The van der Waals surface area contributed by atoms with Crippen LogP contribution in [0.3, 0.4) is 0 Å². The Kier molecular flexibility index (Phi) is 6.18. The van der Waals surface area contributed by atoms with Crippen LogP contribution in [0.25, 0.3) is 32.7 Å². The van der Waals surface area contributed by atoms with Crippen LogP contribution in [-0.4, -0.2) is 46.0 Å². The third kappa shape index (κ3) is 4.17. The minimum atomic E-state index is -0.386. The molecule has 0 fully saturated rings. The Morgan fingerprint density at radius 2 is 1.54 bits per heavy atom. The van der Waals surface area contributed by atoms with Gasteiger partial charge in [0.15, 0.2) is 0 Å². The quantitative estimate of drug-likeness (QED) is 0.273. The van der Waals surface area contributed by atoms with E-state index in [2.05, 4.69) is 11.8 Å². The summed E-state index contributed by atoms with van der Waals surface area (Å²) in [7, 11) is 0. The van der Waals surface area contributed by atoms with Gasteiger partial charge < -0.3 is 4.74 Å². The van der Waals surface area contributed by atoms with Crippen LogP contribution in [0, 0.1) is 0 Å². The summed E-state index contributed by atoms with van der Waals surface area (Å²) in [5, 5.41) is 2.88. The Bertz CT molecular complexity index is 1600. The largest absolute Gasteiger partial charge is 0.462 e. The molecule has 6 rings (SSSR count). The third-order valence-electron chi connectivity index (χ3n) is 7.25. The molecule has 0 aliphatic carbocycles. The molecular formula is C31H29N3O3. The fourth-order valence-corrected chi connectivity index (χ4v) is 5.59. The molecular weight excluding hydrogens is 462 g/mol. The molecule has 3 heterocycles. The van der Waals surface area contributed by atoms with Crippen molar-refractivity contribution in [2.24, 2.45) is 0 Å². The van der Waals surface area contributed by atoms with Gasteiger partial charge in [-0.05, 0) is 31.2 Å².